The zero-order chi connectivity index (χ0) is 15.8. The lowest BCUT2D eigenvalue weighted by molar-refractivity contribution is 0.0679. The Balaban J connectivity index is 1.64. The number of hydrogen-bond acceptors (Lipinski definition) is 4. The number of nitrogens with one attached hydrogen (secondary N) is 1. The van der Waals surface area contributed by atoms with Crippen molar-refractivity contribution in [1.29, 1.82) is 0 Å². The summed E-state index contributed by atoms with van der Waals surface area (Å²) in [6.45, 7) is 3.80. The molecule has 2 aromatic rings. The van der Waals surface area contributed by atoms with Crippen LogP contribution < -0.4 is 5.32 Å². The molecule has 0 aliphatic carbocycles. The van der Waals surface area contributed by atoms with E-state index in [4.69, 9.17) is 4.42 Å². The first-order valence-corrected chi connectivity index (χ1v) is 8.29. The third-order valence-electron chi connectivity index (χ3n) is 4.98. The Morgan fingerprint density at radius 1 is 1.26 bits per heavy atom. The van der Waals surface area contributed by atoms with Crippen LogP contribution in [0, 0.1) is 6.92 Å². The number of aromatic nitrogens is 1. The standard InChI is InChI=1S/C18H21N3O2/c1-12-15(6-7-16(20-12)17-3-2-10-23-17)18(22)21-13-4-5-14(21)11-19-9-8-13/h2-3,6-7,10,13-14,19H,4-5,8-9,11H2,1H3. The van der Waals surface area contributed by atoms with Gasteiger partial charge in [0, 0.05) is 18.6 Å². The molecule has 4 heterocycles. The quantitative estimate of drug-likeness (QED) is 0.926. The van der Waals surface area contributed by atoms with Gasteiger partial charge < -0.3 is 14.6 Å². The molecule has 2 atom stereocenters. The second kappa shape index (κ2) is 5.81. The highest BCUT2D eigenvalue weighted by Crippen LogP contribution is 2.30. The summed E-state index contributed by atoms with van der Waals surface area (Å²) in [5.41, 5.74) is 2.24. The number of hydrogen-bond donors (Lipinski definition) is 1. The average molecular weight is 311 g/mol. The number of nitrogens with zero attached hydrogens (tertiary/aromatic N) is 2. The van der Waals surface area contributed by atoms with Gasteiger partial charge in [0.25, 0.3) is 5.91 Å². The summed E-state index contributed by atoms with van der Waals surface area (Å²) < 4.78 is 5.39. The van der Waals surface area contributed by atoms with Gasteiger partial charge in [-0.1, -0.05) is 0 Å². The van der Waals surface area contributed by atoms with Gasteiger partial charge in [0.2, 0.25) is 0 Å². The van der Waals surface area contributed by atoms with Crippen molar-refractivity contribution in [2.75, 3.05) is 13.1 Å². The van der Waals surface area contributed by atoms with Crippen molar-refractivity contribution in [3.8, 4) is 11.5 Å². The van der Waals surface area contributed by atoms with Crippen molar-refractivity contribution in [2.45, 2.75) is 38.3 Å². The van der Waals surface area contributed by atoms with Gasteiger partial charge in [-0.3, -0.25) is 4.79 Å². The predicted molar refractivity (Wildman–Crippen MR) is 87.1 cm³/mol. The molecule has 5 nitrogen and oxygen atoms in total. The van der Waals surface area contributed by atoms with Gasteiger partial charge in [0.1, 0.15) is 5.69 Å². The molecule has 2 aliphatic rings. The second-order valence-electron chi connectivity index (χ2n) is 6.40. The minimum atomic E-state index is 0.122. The number of carbonyl (C=O) groups is 1. The van der Waals surface area contributed by atoms with Gasteiger partial charge in [-0.05, 0) is 57.0 Å². The molecular formula is C18H21N3O2. The van der Waals surface area contributed by atoms with Crippen LogP contribution in [0.4, 0.5) is 0 Å². The molecule has 0 saturated carbocycles. The van der Waals surface area contributed by atoms with Gasteiger partial charge >= 0.3 is 0 Å². The summed E-state index contributed by atoms with van der Waals surface area (Å²) in [6.07, 6.45) is 4.89. The van der Waals surface area contributed by atoms with Crippen LogP contribution in [0.5, 0.6) is 0 Å². The molecule has 2 aliphatic heterocycles. The van der Waals surface area contributed by atoms with Crippen LogP contribution in [-0.2, 0) is 0 Å². The topological polar surface area (TPSA) is 58.4 Å². The Hall–Kier alpha value is -2.14. The van der Waals surface area contributed by atoms with Gasteiger partial charge in [-0.2, -0.15) is 0 Å². The fourth-order valence-electron chi connectivity index (χ4n) is 3.80. The summed E-state index contributed by atoms with van der Waals surface area (Å²) in [5.74, 6) is 0.850. The monoisotopic (exact) mass is 311 g/mol. The van der Waals surface area contributed by atoms with Crippen LogP contribution in [0.1, 0.15) is 35.3 Å². The Morgan fingerprint density at radius 3 is 2.91 bits per heavy atom. The van der Waals surface area contributed by atoms with Gasteiger partial charge in [0.05, 0.1) is 17.5 Å². The number of aryl methyl sites for hydroxylation is 1. The van der Waals surface area contributed by atoms with Crippen LogP contribution in [0.25, 0.3) is 11.5 Å². The van der Waals surface area contributed by atoms with Crippen LogP contribution in [-0.4, -0.2) is 41.0 Å². The Labute approximate surface area is 135 Å². The van der Waals surface area contributed by atoms with E-state index in [1.807, 2.05) is 31.2 Å². The first kappa shape index (κ1) is 14.5. The van der Waals surface area contributed by atoms with Gasteiger partial charge in [0.15, 0.2) is 5.76 Å². The molecule has 23 heavy (non-hydrogen) atoms. The van der Waals surface area contributed by atoms with Crippen molar-refractivity contribution in [3.05, 3.63) is 41.8 Å². The molecule has 2 unspecified atom stereocenters. The predicted octanol–water partition coefficient (Wildman–Crippen LogP) is 2.62. The number of furan rings is 1. The van der Waals surface area contributed by atoms with Crippen molar-refractivity contribution < 1.29 is 9.21 Å². The zero-order valence-corrected chi connectivity index (χ0v) is 13.3. The largest absolute Gasteiger partial charge is 0.463 e. The highest BCUT2D eigenvalue weighted by atomic mass is 16.3. The first-order valence-electron chi connectivity index (χ1n) is 8.29. The van der Waals surface area contributed by atoms with E-state index in [0.717, 1.165) is 49.5 Å². The maximum absolute atomic E-state index is 13.1. The van der Waals surface area contributed by atoms with E-state index in [1.165, 1.54) is 0 Å². The molecule has 0 aromatic carbocycles. The van der Waals surface area contributed by atoms with Crippen molar-refractivity contribution in [1.82, 2.24) is 15.2 Å². The number of rotatable bonds is 2. The van der Waals surface area contributed by atoms with E-state index in [-0.39, 0.29) is 5.91 Å². The molecule has 0 radical (unpaired) electrons. The molecule has 5 heteroatoms. The van der Waals surface area contributed by atoms with Gasteiger partial charge in [-0.15, -0.1) is 0 Å². The Morgan fingerprint density at radius 2 is 2.13 bits per heavy atom. The van der Waals surface area contributed by atoms with E-state index in [2.05, 4.69) is 15.2 Å². The van der Waals surface area contributed by atoms with E-state index < -0.39 is 0 Å². The summed E-state index contributed by atoms with van der Waals surface area (Å²) >= 11 is 0. The van der Waals surface area contributed by atoms with Crippen LogP contribution >= 0.6 is 0 Å². The summed E-state index contributed by atoms with van der Waals surface area (Å²) in [4.78, 5) is 19.7. The fourth-order valence-corrected chi connectivity index (χ4v) is 3.80. The third kappa shape index (κ3) is 2.55. The maximum Gasteiger partial charge on any atom is 0.256 e. The number of pyridine rings is 1. The second-order valence-corrected chi connectivity index (χ2v) is 6.40. The number of amides is 1. The third-order valence-corrected chi connectivity index (χ3v) is 4.98. The lowest BCUT2D eigenvalue weighted by Crippen LogP contribution is -2.42. The summed E-state index contributed by atoms with van der Waals surface area (Å²) in [6, 6.07) is 8.17. The zero-order valence-electron chi connectivity index (χ0n) is 13.3. The van der Waals surface area contributed by atoms with Crippen molar-refractivity contribution in [2.24, 2.45) is 0 Å². The molecule has 2 aromatic heterocycles. The van der Waals surface area contributed by atoms with E-state index >= 15 is 0 Å². The first-order chi connectivity index (χ1) is 11.2. The SMILES string of the molecule is Cc1nc(-c2ccco2)ccc1C(=O)N1C2CCNCC1CC2. The van der Waals surface area contributed by atoms with Crippen LogP contribution in [0.3, 0.4) is 0 Å². The van der Waals surface area contributed by atoms with E-state index in [0.29, 0.717) is 17.6 Å². The molecule has 1 N–H and O–H groups in total. The normalized spacial score (nSPS) is 23.8. The highest BCUT2D eigenvalue weighted by molar-refractivity contribution is 5.96. The molecular weight excluding hydrogens is 290 g/mol. The molecule has 2 saturated heterocycles. The van der Waals surface area contributed by atoms with E-state index in [9.17, 15) is 4.79 Å². The van der Waals surface area contributed by atoms with Crippen molar-refractivity contribution in [3.63, 3.8) is 0 Å². The molecule has 120 valence electrons. The molecule has 2 fully saturated rings. The maximum atomic E-state index is 13.1. The highest BCUT2D eigenvalue weighted by Gasteiger charge is 2.38. The Bertz CT molecular complexity index is 697. The smallest absolute Gasteiger partial charge is 0.256 e. The summed E-state index contributed by atoms with van der Waals surface area (Å²) in [7, 11) is 0. The summed E-state index contributed by atoms with van der Waals surface area (Å²) in [5, 5.41) is 3.44. The van der Waals surface area contributed by atoms with Gasteiger partial charge in [-0.25, -0.2) is 4.98 Å². The minimum Gasteiger partial charge on any atom is -0.463 e. The molecule has 1 amide bonds. The number of carbonyl (C=O) groups excluding carboxylic acids is 1. The van der Waals surface area contributed by atoms with Crippen molar-refractivity contribution >= 4 is 5.91 Å². The van der Waals surface area contributed by atoms with Crippen LogP contribution in [0.2, 0.25) is 0 Å². The Kier molecular flexibility index (Phi) is 3.65. The number of fused-ring (bicyclic) bond motifs is 2. The lowest BCUT2D eigenvalue weighted by atomic mass is 10.1. The lowest BCUT2D eigenvalue weighted by Gasteiger charge is -2.28. The average Bonchev–Trinajstić information content (AvgIpc) is 3.14. The molecule has 4 rings (SSSR count). The molecule has 2 bridgehead atoms. The molecule has 0 spiro atoms. The van der Waals surface area contributed by atoms with E-state index in [1.54, 1.807) is 6.26 Å². The minimum absolute atomic E-state index is 0.122. The fraction of sp³-hybridized carbons (Fsp3) is 0.444. The van der Waals surface area contributed by atoms with Crippen LogP contribution in [0.15, 0.2) is 34.9 Å².